The topological polar surface area (TPSA) is 210 Å². The van der Waals surface area contributed by atoms with Crippen molar-refractivity contribution in [1.82, 2.24) is 4.90 Å². The van der Waals surface area contributed by atoms with E-state index in [0.717, 1.165) is 69.1 Å². The fourth-order valence-electron chi connectivity index (χ4n) is 7.24. The van der Waals surface area contributed by atoms with Gasteiger partial charge in [-0.3, -0.25) is 25.1 Å². The summed E-state index contributed by atoms with van der Waals surface area (Å²) in [6, 6.07) is -4.17. The molecule has 7 atom stereocenters. The molecule has 62 heavy (non-hydrogen) atoms. The molecule has 3 aliphatic carbocycles. The second-order valence-electron chi connectivity index (χ2n) is 15.9. The van der Waals surface area contributed by atoms with E-state index >= 15 is 0 Å². The number of nitrogens with zero attached hydrogens (tertiary/aromatic N) is 7. The molecular formula is C45H67N7O10. The minimum absolute atomic E-state index is 0.101. The molecule has 17 heteroatoms. The second kappa shape index (κ2) is 27.6. The summed E-state index contributed by atoms with van der Waals surface area (Å²) >= 11 is 0. The van der Waals surface area contributed by atoms with Crippen LogP contribution in [0.3, 0.4) is 0 Å². The number of carbonyl (C=O) groups is 2. The zero-order valence-corrected chi connectivity index (χ0v) is 37.2. The summed E-state index contributed by atoms with van der Waals surface area (Å²) in [6.45, 7) is 19.4. The highest BCUT2D eigenvalue weighted by atomic mass is 16.6. The van der Waals surface area contributed by atoms with Crippen molar-refractivity contribution < 1.29 is 38.4 Å². The highest BCUT2D eigenvalue weighted by molar-refractivity contribution is 5.81. The van der Waals surface area contributed by atoms with Gasteiger partial charge in [-0.1, -0.05) is 85.5 Å². The average molecular weight is 866 g/mol. The van der Waals surface area contributed by atoms with Gasteiger partial charge in [0, 0.05) is 53.6 Å². The lowest BCUT2D eigenvalue weighted by Gasteiger charge is -2.31. The number of esters is 2. The van der Waals surface area contributed by atoms with Gasteiger partial charge in [0.2, 0.25) is 12.1 Å². The standard InChI is InChI=1S/C45H67N7O10/c1-8-14-16-33(10-3)30-61-42-29-40(49-47-38-21-19-36(51(55)56)27-41(38)52(57)58)43(62-31-34(11-4)17-15-9-2)28-39(42)48-46-37-20-18-35(26-32(37)7)50(22-24-59-44(53)12-5)23-25-60-45(54)13-6/h12-13,18-21,29,33-36,38-39,41H,5-6,8-11,14-17,22-28,30-31H2,1-4,7H3/b48-46+,49-47+. The molecule has 0 heterocycles. The van der Waals surface area contributed by atoms with E-state index in [0.29, 0.717) is 67.5 Å². The minimum atomic E-state index is -1.31. The van der Waals surface area contributed by atoms with Crippen LogP contribution in [-0.4, -0.2) is 96.4 Å². The molecule has 342 valence electrons. The number of azo groups is 2. The maximum absolute atomic E-state index is 12.0. The van der Waals surface area contributed by atoms with E-state index in [-0.39, 0.29) is 32.1 Å². The van der Waals surface area contributed by atoms with Crippen molar-refractivity contribution in [1.29, 1.82) is 0 Å². The molecule has 0 bridgehead atoms. The van der Waals surface area contributed by atoms with Crippen molar-refractivity contribution in [2.75, 3.05) is 39.5 Å². The van der Waals surface area contributed by atoms with E-state index in [9.17, 15) is 29.8 Å². The Balaban J connectivity index is 1.98. The first-order valence-electron chi connectivity index (χ1n) is 22.0. The third-order valence-electron chi connectivity index (χ3n) is 11.4. The summed E-state index contributed by atoms with van der Waals surface area (Å²) in [7, 11) is 0. The van der Waals surface area contributed by atoms with Crippen LogP contribution in [-0.2, 0) is 28.5 Å². The number of carbonyl (C=O) groups excluding carboxylic acids is 2. The van der Waals surface area contributed by atoms with Crippen molar-refractivity contribution in [3.8, 4) is 0 Å². The van der Waals surface area contributed by atoms with Crippen molar-refractivity contribution in [3.05, 3.63) is 104 Å². The SMILES string of the molecule is C=CC(=O)OCCN(CCOC(=O)C=C)C1C=CC(/N=N/C2CC(OCC(CC)CCCC)=C(/N=N/C3C=CC([N+](=O)[O-])CC3[N+](=O)[O-])C=C2OCC(CC)CCCC)=C(C)C1. The van der Waals surface area contributed by atoms with Crippen LogP contribution in [0.25, 0.3) is 0 Å². The van der Waals surface area contributed by atoms with Crippen LogP contribution in [0.5, 0.6) is 0 Å². The first-order valence-corrected chi connectivity index (χ1v) is 22.0. The molecule has 0 aromatic carbocycles. The molecule has 0 fully saturated rings. The van der Waals surface area contributed by atoms with Gasteiger partial charge in [0.1, 0.15) is 36.5 Å². The molecular weight excluding hydrogens is 799 g/mol. The van der Waals surface area contributed by atoms with Gasteiger partial charge in [0.25, 0.3) is 0 Å². The first kappa shape index (κ1) is 51.0. The van der Waals surface area contributed by atoms with E-state index in [1.54, 1.807) is 6.08 Å². The molecule has 7 unspecified atom stereocenters. The summed E-state index contributed by atoms with van der Waals surface area (Å²) in [5.74, 6) is 0.579. The number of nitro groups is 2. The first-order chi connectivity index (χ1) is 29.9. The molecule has 0 aliphatic heterocycles. The minimum Gasteiger partial charge on any atom is -0.495 e. The summed E-state index contributed by atoms with van der Waals surface area (Å²) in [6.07, 6.45) is 19.2. The Labute approximate surface area is 366 Å². The molecule has 0 saturated carbocycles. The van der Waals surface area contributed by atoms with Gasteiger partial charge in [-0.15, -0.1) is 0 Å². The van der Waals surface area contributed by atoms with Crippen molar-refractivity contribution in [3.63, 3.8) is 0 Å². The smallest absolute Gasteiger partial charge is 0.330 e. The number of allylic oxidation sites excluding steroid dienone is 2. The molecule has 0 aromatic rings. The fraction of sp³-hybridized carbons (Fsp3) is 0.644. The maximum atomic E-state index is 12.0. The summed E-state index contributed by atoms with van der Waals surface area (Å²) in [5.41, 5.74) is 2.00. The quantitative estimate of drug-likeness (QED) is 0.0173. The van der Waals surface area contributed by atoms with Crippen LogP contribution in [0, 0.1) is 32.1 Å². The van der Waals surface area contributed by atoms with Gasteiger partial charge < -0.3 is 18.9 Å². The molecule has 0 saturated heterocycles. The summed E-state index contributed by atoms with van der Waals surface area (Å²) in [4.78, 5) is 47.9. The molecule has 0 aromatic heterocycles. The van der Waals surface area contributed by atoms with Gasteiger partial charge in [0.05, 0.1) is 25.3 Å². The van der Waals surface area contributed by atoms with Crippen molar-refractivity contribution >= 4 is 11.9 Å². The van der Waals surface area contributed by atoms with E-state index in [2.05, 4.69) is 56.0 Å². The van der Waals surface area contributed by atoms with Crippen LogP contribution in [0.15, 0.2) is 105 Å². The van der Waals surface area contributed by atoms with Gasteiger partial charge >= 0.3 is 11.9 Å². The summed E-state index contributed by atoms with van der Waals surface area (Å²) in [5, 5.41) is 42.0. The van der Waals surface area contributed by atoms with E-state index in [1.807, 2.05) is 19.1 Å². The Kier molecular flexibility index (Phi) is 22.7. The number of ether oxygens (including phenoxy) is 4. The Hall–Kier alpha value is -5.32. The second-order valence-corrected chi connectivity index (χ2v) is 15.9. The fourth-order valence-corrected chi connectivity index (χ4v) is 7.24. The van der Waals surface area contributed by atoms with Crippen LogP contribution < -0.4 is 0 Å². The Morgan fingerprint density at radius 2 is 1.44 bits per heavy atom. The zero-order chi connectivity index (χ0) is 45.4. The van der Waals surface area contributed by atoms with Crippen LogP contribution in [0.2, 0.25) is 0 Å². The number of unbranched alkanes of at least 4 members (excludes halogenated alkanes) is 2. The highest BCUT2D eigenvalue weighted by Gasteiger charge is 2.40. The Bertz CT molecular complexity index is 1730. The lowest BCUT2D eigenvalue weighted by molar-refractivity contribution is -0.556. The highest BCUT2D eigenvalue weighted by Crippen LogP contribution is 2.33. The van der Waals surface area contributed by atoms with Crippen molar-refractivity contribution in [2.24, 2.45) is 32.3 Å². The van der Waals surface area contributed by atoms with Crippen LogP contribution >= 0.6 is 0 Å². The van der Waals surface area contributed by atoms with Gasteiger partial charge in [0.15, 0.2) is 6.04 Å². The molecule has 0 radical (unpaired) electrons. The Morgan fingerprint density at radius 3 is 1.97 bits per heavy atom. The lowest BCUT2D eigenvalue weighted by atomic mass is 9.94. The maximum Gasteiger partial charge on any atom is 0.330 e. The van der Waals surface area contributed by atoms with E-state index in [4.69, 9.17) is 29.2 Å². The molecule has 0 spiro atoms. The third kappa shape index (κ3) is 16.9. The molecule has 0 N–H and O–H groups in total. The average Bonchev–Trinajstić information content (AvgIpc) is 3.27. The van der Waals surface area contributed by atoms with Gasteiger partial charge in [-0.2, -0.15) is 20.5 Å². The van der Waals surface area contributed by atoms with E-state index < -0.39 is 46.0 Å². The number of hydrogen-bond acceptors (Lipinski definition) is 15. The van der Waals surface area contributed by atoms with Gasteiger partial charge in [-0.05, 0) is 61.8 Å². The van der Waals surface area contributed by atoms with E-state index in [1.165, 1.54) is 12.2 Å². The largest absolute Gasteiger partial charge is 0.495 e. The predicted octanol–water partition coefficient (Wildman–Crippen LogP) is 9.21. The number of hydrogen-bond donors (Lipinski definition) is 0. The monoisotopic (exact) mass is 865 g/mol. The summed E-state index contributed by atoms with van der Waals surface area (Å²) < 4.78 is 23.6. The van der Waals surface area contributed by atoms with Gasteiger partial charge in [-0.25, -0.2) is 9.59 Å². The van der Waals surface area contributed by atoms with Crippen LogP contribution in [0.4, 0.5) is 0 Å². The third-order valence-corrected chi connectivity index (χ3v) is 11.4. The normalized spacial score (nSPS) is 22.4. The zero-order valence-electron chi connectivity index (χ0n) is 37.2. The lowest BCUT2D eigenvalue weighted by Crippen LogP contribution is -2.40. The Morgan fingerprint density at radius 1 is 0.839 bits per heavy atom. The van der Waals surface area contributed by atoms with Crippen LogP contribution in [0.1, 0.15) is 105 Å². The van der Waals surface area contributed by atoms with Crippen molar-refractivity contribution in [2.45, 2.75) is 135 Å². The predicted molar refractivity (Wildman–Crippen MR) is 235 cm³/mol. The molecule has 17 nitrogen and oxygen atoms in total. The molecule has 0 amide bonds. The molecule has 3 rings (SSSR count). The molecule has 3 aliphatic rings. The number of rotatable bonds is 29.